The van der Waals surface area contributed by atoms with E-state index in [1.165, 1.54) is 11.3 Å². The van der Waals surface area contributed by atoms with Crippen LogP contribution in [0.5, 0.6) is 0 Å². The van der Waals surface area contributed by atoms with E-state index in [9.17, 15) is 5.26 Å². The van der Waals surface area contributed by atoms with Crippen LogP contribution >= 0.6 is 54.5 Å². The summed E-state index contributed by atoms with van der Waals surface area (Å²) < 4.78 is 1.96. The van der Waals surface area contributed by atoms with Gasteiger partial charge < -0.3 is 5.73 Å². The standard InChI is InChI=1S/C15H8Br2N2S2/c16-9-4-8(5-10(17)6-9)15-13(11-2-1-3-20-11)14(19)12(7-18)21-15/h1-6H,19H2. The maximum absolute atomic E-state index is 9.28. The SMILES string of the molecule is N#Cc1sc(-c2cc(Br)cc(Br)c2)c(-c2cccs2)c1N. The third kappa shape index (κ3) is 2.79. The van der Waals surface area contributed by atoms with E-state index < -0.39 is 0 Å². The lowest BCUT2D eigenvalue weighted by Crippen LogP contribution is -1.88. The number of rotatable bonds is 2. The maximum atomic E-state index is 9.28. The molecule has 3 aromatic rings. The topological polar surface area (TPSA) is 49.8 Å². The second-order valence-corrected chi connectivity index (χ2v) is 8.10. The molecule has 1 aromatic carbocycles. The number of nitrogen functional groups attached to an aromatic ring is 1. The minimum atomic E-state index is 0.560. The highest BCUT2D eigenvalue weighted by atomic mass is 79.9. The van der Waals surface area contributed by atoms with Gasteiger partial charge in [-0.25, -0.2) is 0 Å². The molecule has 0 saturated heterocycles. The van der Waals surface area contributed by atoms with Gasteiger partial charge >= 0.3 is 0 Å². The fourth-order valence-electron chi connectivity index (χ4n) is 2.08. The van der Waals surface area contributed by atoms with Crippen molar-refractivity contribution in [2.75, 3.05) is 5.73 Å². The van der Waals surface area contributed by atoms with Crippen LogP contribution in [0.1, 0.15) is 4.88 Å². The molecule has 0 unspecified atom stereocenters. The fraction of sp³-hybridized carbons (Fsp3) is 0. The molecule has 2 nitrogen and oxygen atoms in total. The molecular formula is C15H8Br2N2S2. The quantitative estimate of drug-likeness (QED) is 0.522. The molecule has 0 saturated carbocycles. The van der Waals surface area contributed by atoms with Crippen LogP contribution in [0.4, 0.5) is 5.69 Å². The van der Waals surface area contributed by atoms with Crippen LogP contribution in [0.25, 0.3) is 20.9 Å². The second-order valence-electron chi connectivity index (χ2n) is 4.30. The summed E-state index contributed by atoms with van der Waals surface area (Å²) in [5, 5.41) is 11.3. The summed E-state index contributed by atoms with van der Waals surface area (Å²) in [4.78, 5) is 2.66. The number of benzene rings is 1. The van der Waals surface area contributed by atoms with Gasteiger partial charge in [0.1, 0.15) is 10.9 Å². The van der Waals surface area contributed by atoms with E-state index in [1.807, 2.05) is 35.7 Å². The van der Waals surface area contributed by atoms with Crippen LogP contribution in [-0.4, -0.2) is 0 Å². The van der Waals surface area contributed by atoms with E-state index in [4.69, 9.17) is 5.73 Å². The number of hydrogen-bond acceptors (Lipinski definition) is 4. The van der Waals surface area contributed by atoms with E-state index in [1.54, 1.807) is 11.3 Å². The molecule has 6 heteroatoms. The van der Waals surface area contributed by atoms with E-state index in [2.05, 4.69) is 37.9 Å². The Kier molecular flexibility index (Phi) is 4.18. The third-order valence-corrected chi connectivity index (χ3v) is 5.90. The summed E-state index contributed by atoms with van der Waals surface area (Å²) >= 11 is 10.1. The Labute approximate surface area is 147 Å². The first-order chi connectivity index (χ1) is 10.1. The van der Waals surface area contributed by atoms with E-state index in [0.29, 0.717) is 10.6 Å². The Morgan fingerprint density at radius 1 is 1.14 bits per heavy atom. The summed E-state index contributed by atoms with van der Waals surface area (Å²) in [6.45, 7) is 0. The Morgan fingerprint density at radius 2 is 1.86 bits per heavy atom. The van der Waals surface area contributed by atoms with Gasteiger partial charge in [-0.1, -0.05) is 37.9 Å². The molecular weight excluding hydrogens is 432 g/mol. The molecule has 0 radical (unpaired) electrons. The van der Waals surface area contributed by atoms with Crippen LogP contribution in [0.15, 0.2) is 44.7 Å². The molecule has 3 rings (SSSR count). The number of thiophene rings is 2. The van der Waals surface area contributed by atoms with Crippen LogP contribution in [0.3, 0.4) is 0 Å². The van der Waals surface area contributed by atoms with Gasteiger partial charge in [-0.3, -0.25) is 0 Å². The summed E-state index contributed by atoms with van der Waals surface area (Å²) in [5.74, 6) is 0. The highest BCUT2D eigenvalue weighted by Crippen LogP contribution is 2.47. The van der Waals surface area contributed by atoms with Gasteiger partial charge in [-0.15, -0.1) is 22.7 Å². The zero-order chi connectivity index (χ0) is 15.0. The number of nitrogens with two attached hydrogens (primary N) is 1. The summed E-state index contributed by atoms with van der Waals surface area (Å²) in [6.07, 6.45) is 0. The first kappa shape index (κ1) is 14.8. The molecule has 21 heavy (non-hydrogen) atoms. The van der Waals surface area contributed by atoms with E-state index in [0.717, 1.165) is 29.8 Å². The van der Waals surface area contributed by atoms with Gasteiger partial charge in [-0.2, -0.15) is 5.26 Å². The van der Waals surface area contributed by atoms with Crippen molar-refractivity contribution in [1.29, 1.82) is 5.26 Å². The number of halogens is 2. The largest absolute Gasteiger partial charge is 0.396 e. The van der Waals surface area contributed by atoms with E-state index in [-0.39, 0.29) is 0 Å². The molecule has 0 bridgehead atoms. The van der Waals surface area contributed by atoms with Crippen molar-refractivity contribution in [3.05, 3.63) is 49.5 Å². The molecule has 104 valence electrons. The smallest absolute Gasteiger partial charge is 0.129 e. The van der Waals surface area contributed by atoms with Crippen molar-refractivity contribution in [3.63, 3.8) is 0 Å². The highest BCUT2D eigenvalue weighted by Gasteiger charge is 2.19. The number of hydrogen-bond donors (Lipinski definition) is 1. The van der Waals surface area contributed by atoms with Crippen LogP contribution in [0.2, 0.25) is 0 Å². The zero-order valence-electron chi connectivity index (χ0n) is 10.6. The zero-order valence-corrected chi connectivity index (χ0v) is 15.4. The van der Waals surface area contributed by atoms with Crippen LogP contribution in [0, 0.1) is 11.3 Å². The number of anilines is 1. The Bertz CT molecular complexity index is 825. The molecule has 0 aliphatic carbocycles. The average molecular weight is 440 g/mol. The van der Waals surface area contributed by atoms with Gasteiger partial charge in [0.05, 0.1) is 5.69 Å². The Morgan fingerprint density at radius 3 is 2.43 bits per heavy atom. The van der Waals surface area contributed by atoms with Gasteiger partial charge in [-0.05, 0) is 35.2 Å². The van der Waals surface area contributed by atoms with Crippen LogP contribution < -0.4 is 5.73 Å². The summed E-state index contributed by atoms with van der Waals surface area (Å²) in [6, 6.07) is 12.3. The lowest BCUT2D eigenvalue weighted by molar-refractivity contribution is 1.52. The third-order valence-electron chi connectivity index (χ3n) is 2.94. The minimum absolute atomic E-state index is 0.560. The van der Waals surface area contributed by atoms with Gasteiger partial charge in [0.25, 0.3) is 0 Å². The van der Waals surface area contributed by atoms with Crippen molar-refractivity contribution >= 4 is 60.2 Å². The van der Waals surface area contributed by atoms with Gasteiger partial charge in [0, 0.05) is 24.3 Å². The van der Waals surface area contributed by atoms with Gasteiger partial charge in [0.2, 0.25) is 0 Å². The van der Waals surface area contributed by atoms with Gasteiger partial charge in [0.15, 0.2) is 0 Å². The van der Waals surface area contributed by atoms with Crippen molar-refractivity contribution in [2.24, 2.45) is 0 Å². The molecule has 0 aliphatic rings. The predicted octanol–water partition coefficient (Wildman–Crippen LogP) is 6.12. The first-order valence-corrected chi connectivity index (χ1v) is 9.21. The molecule has 2 N–H and O–H groups in total. The number of nitriles is 1. The molecule has 2 aromatic heterocycles. The van der Waals surface area contributed by atoms with Crippen molar-refractivity contribution in [2.45, 2.75) is 0 Å². The lowest BCUT2D eigenvalue weighted by atomic mass is 10.1. The Hall–Kier alpha value is -1.13. The van der Waals surface area contributed by atoms with Crippen LogP contribution in [-0.2, 0) is 0 Å². The maximum Gasteiger partial charge on any atom is 0.129 e. The lowest BCUT2D eigenvalue weighted by Gasteiger charge is -2.05. The summed E-state index contributed by atoms with van der Waals surface area (Å²) in [5.41, 5.74) is 8.75. The predicted molar refractivity (Wildman–Crippen MR) is 97.6 cm³/mol. The molecule has 0 aliphatic heterocycles. The van der Waals surface area contributed by atoms with Crippen molar-refractivity contribution in [1.82, 2.24) is 0 Å². The average Bonchev–Trinajstić information content (AvgIpc) is 3.04. The molecule has 0 spiro atoms. The van der Waals surface area contributed by atoms with Crippen molar-refractivity contribution < 1.29 is 0 Å². The molecule has 0 fully saturated rings. The summed E-state index contributed by atoms with van der Waals surface area (Å²) in [7, 11) is 0. The fourth-order valence-corrected chi connectivity index (χ4v) is 5.25. The second kappa shape index (κ2) is 5.93. The normalized spacial score (nSPS) is 10.5. The minimum Gasteiger partial charge on any atom is -0.396 e. The van der Waals surface area contributed by atoms with E-state index >= 15 is 0 Å². The highest BCUT2D eigenvalue weighted by molar-refractivity contribution is 9.11. The monoisotopic (exact) mass is 438 g/mol. The Balaban J connectivity index is 2.30. The molecule has 0 atom stereocenters. The molecule has 2 heterocycles. The number of nitrogens with zero attached hydrogens (tertiary/aromatic N) is 1. The first-order valence-electron chi connectivity index (χ1n) is 5.93. The molecule has 0 amide bonds. The van der Waals surface area contributed by atoms with Crippen molar-refractivity contribution in [3.8, 4) is 27.0 Å².